The van der Waals surface area contributed by atoms with Gasteiger partial charge in [0.2, 0.25) is 0 Å². The number of aliphatic hydroxyl groups is 1. The molecule has 0 spiro atoms. The molecule has 2 nitrogen and oxygen atoms in total. The highest BCUT2D eigenvalue weighted by molar-refractivity contribution is 9.11. The molecular formula is C9H8Br2F3NO. The third-order valence-electron chi connectivity index (χ3n) is 1.95. The van der Waals surface area contributed by atoms with Crippen molar-refractivity contribution in [1.29, 1.82) is 0 Å². The van der Waals surface area contributed by atoms with Gasteiger partial charge in [0.1, 0.15) is 0 Å². The Bertz CT molecular complexity index is 363. The average molecular weight is 363 g/mol. The van der Waals surface area contributed by atoms with Crippen LogP contribution in [0, 0.1) is 0 Å². The molecule has 1 rings (SSSR count). The van der Waals surface area contributed by atoms with Crippen LogP contribution in [-0.2, 0) is 0 Å². The lowest BCUT2D eigenvalue weighted by Crippen LogP contribution is -2.38. The molecule has 0 unspecified atom stereocenters. The van der Waals surface area contributed by atoms with Gasteiger partial charge in [-0.1, -0.05) is 31.9 Å². The molecule has 90 valence electrons. The van der Waals surface area contributed by atoms with Crippen LogP contribution in [0.15, 0.2) is 27.1 Å². The minimum absolute atomic E-state index is 0.200. The van der Waals surface area contributed by atoms with Gasteiger partial charge in [-0.05, 0) is 23.8 Å². The van der Waals surface area contributed by atoms with E-state index in [1.165, 1.54) is 12.1 Å². The largest absolute Gasteiger partial charge is 0.416 e. The van der Waals surface area contributed by atoms with E-state index in [4.69, 9.17) is 10.8 Å². The second kappa shape index (κ2) is 5.03. The lowest BCUT2D eigenvalue weighted by molar-refractivity contribution is -0.210. The standard InChI is InChI=1S/C9H8Br2F3NO/c10-5-1-4(2-6(11)3-5)7(15)8(16)9(12,13)14/h1-3,7-8,16H,15H2/t7-,8-/m0/s1. The molecule has 0 saturated heterocycles. The molecule has 0 saturated carbocycles. The topological polar surface area (TPSA) is 46.2 Å². The van der Waals surface area contributed by atoms with Gasteiger partial charge in [-0.25, -0.2) is 0 Å². The first kappa shape index (κ1) is 14.0. The number of rotatable bonds is 2. The van der Waals surface area contributed by atoms with Crippen LogP contribution >= 0.6 is 31.9 Å². The summed E-state index contributed by atoms with van der Waals surface area (Å²) in [6, 6.07) is 3.03. The van der Waals surface area contributed by atoms with Gasteiger partial charge in [-0.15, -0.1) is 0 Å². The van der Waals surface area contributed by atoms with Crippen LogP contribution in [0.25, 0.3) is 0 Å². The Labute approximate surface area is 107 Å². The maximum atomic E-state index is 12.2. The van der Waals surface area contributed by atoms with E-state index < -0.39 is 18.3 Å². The molecule has 0 bridgehead atoms. The summed E-state index contributed by atoms with van der Waals surface area (Å²) in [5.74, 6) is 0. The first-order chi connectivity index (χ1) is 7.21. The zero-order valence-electron chi connectivity index (χ0n) is 7.80. The van der Waals surface area contributed by atoms with Gasteiger partial charge in [-0.2, -0.15) is 13.2 Å². The SMILES string of the molecule is N[C@@H](c1cc(Br)cc(Br)c1)[C@H](O)C(F)(F)F. The monoisotopic (exact) mass is 361 g/mol. The quantitative estimate of drug-likeness (QED) is 0.849. The normalized spacial score (nSPS) is 15.9. The molecule has 0 heterocycles. The Morgan fingerprint density at radius 3 is 1.94 bits per heavy atom. The van der Waals surface area contributed by atoms with Gasteiger partial charge < -0.3 is 10.8 Å². The fourth-order valence-corrected chi connectivity index (χ4v) is 2.48. The molecule has 0 radical (unpaired) electrons. The fraction of sp³-hybridized carbons (Fsp3) is 0.333. The predicted molar refractivity (Wildman–Crippen MR) is 60.8 cm³/mol. The minimum Gasteiger partial charge on any atom is -0.382 e. The summed E-state index contributed by atoms with van der Waals surface area (Å²) in [5, 5.41) is 9.01. The van der Waals surface area contributed by atoms with Crippen LogP contribution in [-0.4, -0.2) is 17.4 Å². The number of nitrogens with two attached hydrogens (primary N) is 1. The number of benzene rings is 1. The summed E-state index contributed by atoms with van der Waals surface area (Å²) >= 11 is 6.26. The Hall–Kier alpha value is -0.110. The van der Waals surface area contributed by atoms with Crippen LogP contribution in [0.5, 0.6) is 0 Å². The molecule has 2 atom stereocenters. The highest BCUT2D eigenvalue weighted by Gasteiger charge is 2.42. The van der Waals surface area contributed by atoms with E-state index in [-0.39, 0.29) is 5.56 Å². The summed E-state index contributed by atoms with van der Waals surface area (Å²) in [6.45, 7) is 0. The van der Waals surface area contributed by atoms with Gasteiger partial charge in [0, 0.05) is 8.95 Å². The second-order valence-corrected chi connectivity index (χ2v) is 5.05. The predicted octanol–water partition coefficient (Wildman–Crippen LogP) is 3.13. The van der Waals surface area contributed by atoms with Crippen LogP contribution < -0.4 is 5.73 Å². The molecule has 0 aromatic heterocycles. The molecular weight excluding hydrogens is 355 g/mol. The smallest absolute Gasteiger partial charge is 0.382 e. The van der Waals surface area contributed by atoms with Crippen LogP contribution in [0.1, 0.15) is 11.6 Å². The summed E-state index contributed by atoms with van der Waals surface area (Å²) < 4.78 is 37.9. The molecule has 1 aromatic rings. The molecule has 0 aliphatic rings. The minimum atomic E-state index is -4.73. The van der Waals surface area contributed by atoms with E-state index in [0.717, 1.165) is 0 Å². The van der Waals surface area contributed by atoms with Crippen molar-refractivity contribution in [3.05, 3.63) is 32.7 Å². The Balaban J connectivity index is 3.00. The number of aliphatic hydroxyl groups excluding tert-OH is 1. The maximum Gasteiger partial charge on any atom is 0.416 e. The van der Waals surface area contributed by atoms with Crippen molar-refractivity contribution in [2.75, 3.05) is 0 Å². The second-order valence-electron chi connectivity index (χ2n) is 3.22. The Morgan fingerprint density at radius 2 is 1.56 bits per heavy atom. The number of hydrogen-bond acceptors (Lipinski definition) is 2. The van der Waals surface area contributed by atoms with Crippen molar-refractivity contribution < 1.29 is 18.3 Å². The van der Waals surface area contributed by atoms with Crippen LogP contribution in [0.3, 0.4) is 0 Å². The summed E-state index contributed by atoms with van der Waals surface area (Å²) in [4.78, 5) is 0. The molecule has 0 amide bonds. The highest BCUT2D eigenvalue weighted by Crippen LogP contribution is 2.31. The third-order valence-corrected chi connectivity index (χ3v) is 2.86. The lowest BCUT2D eigenvalue weighted by Gasteiger charge is -2.22. The highest BCUT2D eigenvalue weighted by atomic mass is 79.9. The van der Waals surface area contributed by atoms with Crippen molar-refractivity contribution in [3.8, 4) is 0 Å². The average Bonchev–Trinajstić information content (AvgIpc) is 2.12. The summed E-state index contributed by atoms with van der Waals surface area (Å²) in [6.07, 6.45) is -7.30. The zero-order chi connectivity index (χ0) is 12.5. The zero-order valence-corrected chi connectivity index (χ0v) is 11.0. The van der Waals surface area contributed by atoms with Crippen LogP contribution in [0.4, 0.5) is 13.2 Å². The molecule has 7 heteroatoms. The Kier molecular flexibility index (Phi) is 4.39. The Morgan fingerprint density at radius 1 is 1.12 bits per heavy atom. The van der Waals surface area contributed by atoms with Crippen molar-refractivity contribution in [2.24, 2.45) is 5.73 Å². The summed E-state index contributed by atoms with van der Waals surface area (Å²) in [7, 11) is 0. The van der Waals surface area contributed by atoms with Gasteiger partial charge in [-0.3, -0.25) is 0 Å². The lowest BCUT2D eigenvalue weighted by atomic mass is 10.0. The van der Waals surface area contributed by atoms with Gasteiger partial charge in [0.05, 0.1) is 6.04 Å². The van der Waals surface area contributed by atoms with Crippen LogP contribution in [0.2, 0.25) is 0 Å². The van der Waals surface area contributed by atoms with E-state index in [9.17, 15) is 13.2 Å². The third kappa shape index (κ3) is 3.44. The molecule has 0 aliphatic carbocycles. The van der Waals surface area contributed by atoms with Crippen molar-refractivity contribution in [2.45, 2.75) is 18.3 Å². The maximum absolute atomic E-state index is 12.2. The fourth-order valence-electron chi connectivity index (χ4n) is 1.15. The van der Waals surface area contributed by atoms with Crippen molar-refractivity contribution in [1.82, 2.24) is 0 Å². The molecule has 1 aromatic carbocycles. The molecule has 0 aliphatic heterocycles. The van der Waals surface area contributed by atoms with Gasteiger partial charge >= 0.3 is 6.18 Å². The van der Waals surface area contributed by atoms with Crippen molar-refractivity contribution in [3.63, 3.8) is 0 Å². The number of hydrogen-bond donors (Lipinski definition) is 2. The first-order valence-corrected chi connectivity index (χ1v) is 5.77. The van der Waals surface area contributed by atoms with Gasteiger partial charge in [0.15, 0.2) is 6.10 Å². The van der Waals surface area contributed by atoms with Gasteiger partial charge in [0.25, 0.3) is 0 Å². The first-order valence-electron chi connectivity index (χ1n) is 4.18. The molecule has 3 N–H and O–H groups in total. The van der Waals surface area contributed by atoms with E-state index >= 15 is 0 Å². The summed E-state index contributed by atoms with van der Waals surface area (Å²) in [5.41, 5.74) is 5.55. The van der Waals surface area contributed by atoms with E-state index in [0.29, 0.717) is 8.95 Å². The van der Waals surface area contributed by atoms with E-state index in [1.54, 1.807) is 6.07 Å². The molecule has 0 fully saturated rings. The van der Waals surface area contributed by atoms with Crippen molar-refractivity contribution >= 4 is 31.9 Å². The number of alkyl halides is 3. The van der Waals surface area contributed by atoms with E-state index in [1.807, 2.05) is 0 Å². The number of halogens is 5. The van der Waals surface area contributed by atoms with E-state index in [2.05, 4.69) is 31.9 Å². The molecule has 16 heavy (non-hydrogen) atoms.